The van der Waals surface area contributed by atoms with Crippen molar-refractivity contribution in [1.29, 1.82) is 0 Å². The number of benzene rings is 2. The second-order valence-electron chi connectivity index (χ2n) is 6.06. The Bertz CT molecular complexity index is 1120. The zero-order chi connectivity index (χ0) is 20.5. The molecule has 0 fully saturated rings. The van der Waals surface area contributed by atoms with E-state index in [2.05, 4.69) is 4.72 Å². The third-order valence-corrected chi connectivity index (χ3v) is 8.45. The second-order valence-corrected chi connectivity index (χ2v) is 12.1. The molecule has 2 aromatic carbocycles. The van der Waals surface area contributed by atoms with Crippen LogP contribution < -0.4 is 4.72 Å². The zero-order valence-corrected chi connectivity index (χ0v) is 17.5. The minimum atomic E-state index is -3.88. The fraction of sp³-hybridized carbons (Fsp3) is 0.294. The summed E-state index contributed by atoms with van der Waals surface area (Å²) >= 11 is 0. The Kier molecular flexibility index (Phi) is 6.15. The van der Waals surface area contributed by atoms with Gasteiger partial charge < -0.3 is 0 Å². The standard InChI is InChI=1S/C17H21NO6S3/c1-4-26(21,22)16-9-11-17(12-10-16)27(23,24)18-13(2)14-5-7-15(8-6-14)25(3,19)20/h5-13,18H,4H2,1-3H3. The Hall–Kier alpha value is -1.75. The van der Waals surface area contributed by atoms with Gasteiger partial charge in [-0.15, -0.1) is 0 Å². The lowest BCUT2D eigenvalue weighted by molar-refractivity contribution is 0.566. The number of nitrogens with one attached hydrogen (secondary N) is 1. The van der Waals surface area contributed by atoms with Crippen molar-refractivity contribution in [2.45, 2.75) is 34.6 Å². The fourth-order valence-corrected chi connectivity index (χ4v) is 5.11. The van der Waals surface area contributed by atoms with Crippen molar-refractivity contribution in [1.82, 2.24) is 4.72 Å². The number of sulfonamides is 1. The molecular weight excluding hydrogens is 410 g/mol. The van der Waals surface area contributed by atoms with Gasteiger partial charge in [0, 0.05) is 12.3 Å². The lowest BCUT2D eigenvalue weighted by atomic mass is 10.1. The first-order valence-corrected chi connectivity index (χ1v) is 13.0. The largest absolute Gasteiger partial charge is 0.241 e. The van der Waals surface area contributed by atoms with Crippen molar-refractivity contribution in [2.24, 2.45) is 0 Å². The van der Waals surface area contributed by atoms with Gasteiger partial charge in [0.15, 0.2) is 19.7 Å². The second kappa shape index (κ2) is 7.70. The van der Waals surface area contributed by atoms with Gasteiger partial charge in [0.1, 0.15) is 0 Å². The Labute approximate surface area is 160 Å². The van der Waals surface area contributed by atoms with Crippen LogP contribution in [0.2, 0.25) is 0 Å². The SMILES string of the molecule is CCS(=O)(=O)c1ccc(S(=O)(=O)NC(C)c2ccc(S(C)(=O)=O)cc2)cc1. The minimum Gasteiger partial charge on any atom is -0.224 e. The van der Waals surface area contributed by atoms with E-state index in [1.54, 1.807) is 19.1 Å². The van der Waals surface area contributed by atoms with Gasteiger partial charge in [0.25, 0.3) is 0 Å². The molecule has 2 rings (SSSR count). The molecule has 1 unspecified atom stereocenters. The summed E-state index contributed by atoms with van der Waals surface area (Å²) in [6.45, 7) is 3.14. The van der Waals surface area contributed by atoms with Gasteiger partial charge in [-0.25, -0.2) is 30.0 Å². The van der Waals surface area contributed by atoms with Crippen LogP contribution in [-0.2, 0) is 29.7 Å². The lowest BCUT2D eigenvalue weighted by Crippen LogP contribution is -2.27. The molecule has 148 valence electrons. The van der Waals surface area contributed by atoms with Crippen molar-refractivity contribution in [3.63, 3.8) is 0 Å². The molecule has 1 N–H and O–H groups in total. The lowest BCUT2D eigenvalue weighted by Gasteiger charge is -2.15. The van der Waals surface area contributed by atoms with Gasteiger partial charge in [-0.05, 0) is 48.9 Å². The minimum absolute atomic E-state index is 0.0582. The Balaban J connectivity index is 2.22. The van der Waals surface area contributed by atoms with Crippen LogP contribution in [0.25, 0.3) is 0 Å². The Morgan fingerprint density at radius 2 is 1.22 bits per heavy atom. The van der Waals surface area contributed by atoms with Crippen LogP contribution in [0.4, 0.5) is 0 Å². The molecule has 7 nitrogen and oxygen atoms in total. The van der Waals surface area contributed by atoms with Crippen LogP contribution in [0.3, 0.4) is 0 Å². The maximum atomic E-state index is 12.5. The summed E-state index contributed by atoms with van der Waals surface area (Å²) in [5, 5.41) is 0. The first-order chi connectivity index (χ1) is 12.4. The van der Waals surface area contributed by atoms with Crippen molar-refractivity contribution in [3.8, 4) is 0 Å². The van der Waals surface area contributed by atoms with E-state index in [1.807, 2.05) is 0 Å². The Morgan fingerprint density at radius 3 is 1.67 bits per heavy atom. The molecule has 0 aliphatic carbocycles. The molecule has 10 heteroatoms. The first-order valence-electron chi connectivity index (χ1n) is 8.02. The maximum absolute atomic E-state index is 12.5. The normalized spacial score (nSPS) is 14.0. The van der Waals surface area contributed by atoms with Crippen LogP contribution >= 0.6 is 0 Å². The molecule has 0 heterocycles. The van der Waals surface area contributed by atoms with Gasteiger partial charge in [0.2, 0.25) is 10.0 Å². The molecule has 2 aromatic rings. The number of hydrogen-bond donors (Lipinski definition) is 1. The summed E-state index contributed by atoms with van der Waals surface area (Å²) in [5.41, 5.74) is 0.594. The molecule has 0 spiro atoms. The van der Waals surface area contributed by atoms with E-state index >= 15 is 0 Å². The van der Waals surface area contributed by atoms with E-state index in [0.717, 1.165) is 6.26 Å². The smallest absolute Gasteiger partial charge is 0.224 e. The highest BCUT2D eigenvalue weighted by atomic mass is 32.2. The molecular formula is C17H21NO6S3. The third-order valence-electron chi connectivity index (χ3n) is 4.01. The highest BCUT2D eigenvalue weighted by Crippen LogP contribution is 2.20. The van der Waals surface area contributed by atoms with Crippen LogP contribution in [0.15, 0.2) is 63.2 Å². The van der Waals surface area contributed by atoms with Gasteiger partial charge in [0.05, 0.1) is 20.4 Å². The van der Waals surface area contributed by atoms with E-state index in [0.29, 0.717) is 5.56 Å². The van der Waals surface area contributed by atoms with E-state index in [9.17, 15) is 25.3 Å². The quantitative estimate of drug-likeness (QED) is 0.716. The highest BCUT2D eigenvalue weighted by Gasteiger charge is 2.20. The van der Waals surface area contributed by atoms with Gasteiger partial charge >= 0.3 is 0 Å². The predicted molar refractivity (Wildman–Crippen MR) is 102 cm³/mol. The van der Waals surface area contributed by atoms with Crippen molar-refractivity contribution in [2.75, 3.05) is 12.0 Å². The third kappa shape index (κ3) is 5.16. The summed E-state index contributed by atoms with van der Waals surface area (Å²) < 4.78 is 74.1. The zero-order valence-electron chi connectivity index (χ0n) is 15.1. The van der Waals surface area contributed by atoms with E-state index in [4.69, 9.17) is 0 Å². The van der Waals surface area contributed by atoms with Crippen molar-refractivity contribution in [3.05, 3.63) is 54.1 Å². The number of rotatable bonds is 7. The Morgan fingerprint density at radius 1 is 0.778 bits per heavy atom. The molecule has 0 bridgehead atoms. The molecule has 0 saturated heterocycles. The van der Waals surface area contributed by atoms with E-state index < -0.39 is 35.7 Å². The monoisotopic (exact) mass is 431 g/mol. The van der Waals surface area contributed by atoms with Crippen LogP contribution in [0, 0.1) is 0 Å². The van der Waals surface area contributed by atoms with Gasteiger partial charge in [-0.2, -0.15) is 0 Å². The summed E-state index contributed by atoms with van der Waals surface area (Å²) in [4.78, 5) is 0.152. The highest BCUT2D eigenvalue weighted by molar-refractivity contribution is 7.91. The summed E-state index contributed by atoms with van der Waals surface area (Å²) in [6.07, 6.45) is 1.09. The predicted octanol–water partition coefficient (Wildman–Crippen LogP) is 1.92. The number of hydrogen-bond acceptors (Lipinski definition) is 6. The van der Waals surface area contributed by atoms with Crippen LogP contribution in [0.1, 0.15) is 25.5 Å². The molecule has 0 aliphatic rings. The average molecular weight is 432 g/mol. The first kappa shape index (κ1) is 21.5. The average Bonchev–Trinajstić information content (AvgIpc) is 2.61. The summed E-state index contributed by atoms with van der Waals surface area (Å²) in [5.74, 6) is -0.0716. The van der Waals surface area contributed by atoms with Crippen LogP contribution in [-0.4, -0.2) is 37.3 Å². The van der Waals surface area contributed by atoms with E-state index in [-0.39, 0.29) is 20.4 Å². The van der Waals surface area contributed by atoms with Crippen LogP contribution in [0.5, 0.6) is 0 Å². The maximum Gasteiger partial charge on any atom is 0.241 e. The molecule has 0 aliphatic heterocycles. The molecule has 0 saturated carbocycles. The topological polar surface area (TPSA) is 114 Å². The molecule has 0 amide bonds. The molecule has 27 heavy (non-hydrogen) atoms. The summed E-state index contributed by atoms with van der Waals surface area (Å²) in [7, 11) is -10.6. The molecule has 1 atom stereocenters. The van der Waals surface area contributed by atoms with Gasteiger partial charge in [-0.3, -0.25) is 0 Å². The van der Waals surface area contributed by atoms with Crippen molar-refractivity contribution >= 4 is 29.7 Å². The molecule has 0 aromatic heterocycles. The van der Waals surface area contributed by atoms with Crippen molar-refractivity contribution < 1.29 is 25.3 Å². The fourth-order valence-electron chi connectivity index (χ4n) is 2.37. The molecule has 0 radical (unpaired) electrons. The summed E-state index contributed by atoms with van der Waals surface area (Å²) in [6, 6.07) is 10.3. The van der Waals surface area contributed by atoms with Gasteiger partial charge in [-0.1, -0.05) is 19.1 Å². The van der Waals surface area contributed by atoms with E-state index in [1.165, 1.54) is 43.3 Å². The number of sulfone groups is 2.